The highest BCUT2D eigenvalue weighted by molar-refractivity contribution is 5.60. The van der Waals surface area contributed by atoms with E-state index in [4.69, 9.17) is 9.47 Å². The first kappa shape index (κ1) is 15.0. The molecule has 2 heterocycles. The summed E-state index contributed by atoms with van der Waals surface area (Å²) in [5.41, 5.74) is 0.630. The van der Waals surface area contributed by atoms with Gasteiger partial charge in [-0.2, -0.15) is 0 Å². The number of methoxy groups -OCH3 is 1. The van der Waals surface area contributed by atoms with Crippen LogP contribution in [0.3, 0.4) is 0 Å². The summed E-state index contributed by atoms with van der Waals surface area (Å²) in [5, 5.41) is 33.0. The molecule has 24 heavy (non-hydrogen) atoms. The molecule has 1 saturated carbocycles. The molecule has 6 heteroatoms. The SMILES string of the molecule is COc1ccc2c(c1O)C13CCC(O)C4(O)OC2CC14N(C)CC3. The number of likely N-dealkylation sites (N-methyl/N-ethyl adjacent to an activating group) is 1. The highest BCUT2D eigenvalue weighted by Gasteiger charge is 2.80. The number of likely N-dealkylation sites (tertiary alicyclic amines) is 1. The molecule has 5 rings (SSSR count). The van der Waals surface area contributed by atoms with E-state index in [-0.39, 0.29) is 11.9 Å². The average Bonchev–Trinajstić information content (AvgIpc) is 3.04. The molecule has 2 saturated heterocycles. The maximum atomic E-state index is 11.4. The van der Waals surface area contributed by atoms with Gasteiger partial charge in [0, 0.05) is 17.4 Å². The number of phenolic OH excluding ortho intramolecular Hbond substituents is 1. The van der Waals surface area contributed by atoms with Crippen LogP contribution in [0.15, 0.2) is 12.1 Å². The van der Waals surface area contributed by atoms with Crippen LogP contribution in [0.4, 0.5) is 0 Å². The second-order valence-electron chi connectivity index (χ2n) is 7.76. The van der Waals surface area contributed by atoms with Crippen LogP contribution in [-0.2, 0) is 10.2 Å². The molecule has 3 N–H and O–H groups in total. The van der Waals surface area contributed by atoms with Crippen LogP contribution in [0.1, 0.15) is 42.9 Å². The number of hydrogen-bond acceptors (Lipinski definition) is 6. The van der Waals surface area contributed by atoms with Crippen molar-refractivity contribution in [1.29, 1.82) is 0 Å². The average molecular weight is 333 g/mol. The van der Waals surface area contributed by atoms with Crippen molar-refractivity contribution in [3.8, 4) is 11.5 Å². The van der Waals surface area contributed by atoms with Crippen molar-refractivity contribution in [2.45, 2.75) is 54.6 Å². The van der Waals surface area contributed by atoms with Gasteiger partial charge in [-0.3, -0.25) is 4.90 Å². The number of benzene rings is 1. The highest BCUT2D eigenvalue weighted by Crippen LogP contribution is 2.72. The fraction of sp³-hybridized carbons (Fsp3) is 0.667. The molecule has 0 amide bonds. The first-order valence-electron chi connectivity index (χ1n) is 8.61. The van der Waals surface area contributed by atoms with Gasteiger partial charge in [0.05, 0.1) is 18.8 Å². The van der Waals surface area contributed by atoms with E-state index in [1.54, 1.807) is 13.2 Å². The van der Waals surface area contributed by atoms with Crippen molar-refractivity contribution in [3.05, 3.63) is 23.3 Å². The van der Waals surface area contributed by atoms with Crippen molar-refractivity contribution in [1.82, 2.24) is 4.90 Å². The molecule has 6 nitrogen and oxygen atoms in total. The summed E-state index contributed by atoms with van der Waals surface area (Å²) < 4.78 is 11.4. The zero-order chi connectivity index (χ0) is 16.9. The van der Waals surface area contributed by atoms with E-state index in [1.807, 2.05) is 13.1 Å². The molecule has 3 fully saturated rings. The number of nitrogens with zero attached hydrogens (tertiary/aromatic N) is 1. The van der Waals surface area contributed by atoms with Crippen molar-refractivity contribution in [3.63, 3.8) is 0 Å². The van der Waals surface area contributed by atoms with E-state index >= 15 is 0 Å². The molecule has 2 aliphatic heterocycles. The fourth-order valence-electron chi connectivity index (χ4n) is 6.28. The van der Waals surface area contributed by atoms with Crippen molar-refractivity contribution < 1.29 is 24.8 Å². The van der Waals surface area contributed by atoms with E-state index in [9.17, 15) is 15.3 Å². The van der Waals surface area contributed by atoms with E-state index in [2.05, 4.69) is 4.90 Å². The molecule has 4 aliphatic rings. The third kappa shape index (κ3) is 1.26. The Morgan fingerprint density at radius 1 is 1.33 bits per heavy atom. The summed E-state index contributed by atoms with van der Waals surface area (Å²) in [4.78, 5) is 2.14. The molecule has 1 aromatic carbocycles. The Bertz CT molecular complexity index is 738. The Morgan fingerprint density at radius 3 is 2.88 bits per heavy atom. The van der Waals surface area contributed by atoms with Gasteiger partial charge in [-0.25, -0.2) is 0 Å². The lowest BCUT2D eigenvalue weighted by molar-refractivity contribution is -0.305. The molecule has 130 valence electrons. The van der Waals surface area contributed by atoms with Crippen LogP contribution in [-0.4, -0.2) is 58.4 Å². The lowest BCUT2D eigenvalue weighted by Gasteiger charge is -2.58. The van der Waals surface area contributed by atoms with E-state index in [1.165, 1.54) is 0 Å². The number of rotatable bonds is 1. The fourth-order valence-corrected chi connectivity index (χ4v) is 6.28. The molecule has 1 aromatic rings. The number of ether oxygens (including phenoxy) is 2. The normalized spacial score (nSPS) is 45.8. The van der Waals surface area contributed by atoms with Crippen LogP contribution in [0.5, 0.6) is 11.5 Å². The van der Waals surface area contributed by atoms with Crippen molar-refractivity contribution in [2.24, 2.45) is 0 Å². The molecule has 5 unspecified atom stereocenters. The van der Waals surface area contributed by atoms with Crippen LogP contribution in [0.25, 0.3) is 0 Å². The second-order valence-corrected chi connectivity index (χ2v) is 7.76. The molecule has 0 radical (unpaired) electrons. The number of fused-ring (bicyclic) bond motifs is 3. The minimum absolute atomic E-state index is 0.156. The van der Waals surface area contributed by atoms with Gasteiger partial charge < -0.3 is 24.8 Å². The predicted octanol–water partition coefficient (Wildman–Crippen LogP) is 1.03. The summed E-state index contributed by atoms with van der Waals surface area (Å²) >= 11 is 0. The van der Waals surface area contributed by atoms with Crippen LogP contribution in [0.2, 0.25) is 0 Å². The molecule has 0 aromatic heterocycles. The van der Waals surface area contributed by atoms with Crippen LogP contribution >= 0.6 is 0 Å². The topological polar surface area (TPSA) is 82.4 Å². The monoisotopic (exact) mass is 333 g/mol. The Kier molecular flexibility index (Phi) is 2.65. The number of aliphatic hydroxyl groups excluding tert-OH is 1. The molecule has 2 bridgehead atoms. The Hall–Kier alpha value is -1.34. The van der Waals surface area contributed by atoms with Gasteiger partial charge in [0.1, 0.15) is 6.10 Å². The van der Waals surface area contributed by atoms with Gasteiger partial charge >= 0.3 is 0 Å². The lowest BCUT2D eigenvalue weighted by Crippen LogP contribution is -2.73. The summed E-state index contributed by atoms with van der Waals surface area (Å²) in [6.07, 6.45) is 1.37. The van der Waals surface area contributed by atoms with Gasteiger partial charge in [-0.15, -0.1) is 0 Å². The third-order valence-electron chi connectivity index (χ3n) is 7.23. The zero-order valence-corrected chi connectivity index (χ0v) is 14.0. The van der Waals surface area contributed by atoms with E-state index in [0.29, 0.717) is 25.0 Å². The minimum Gasteiger partial charge on any atom is -0.504 e. The van der Waals surface area contributed by atoms with Gasteiger partial charge in [0.15, 0.2) is 11.5 Å². The quantitative estimate of drug-likeness (QED) is 0.712. The molecule has 5 atom stereocenters. The van der Waals surface area contributed by atoms with Gasteiger partial charge in [0.2, 0.25) is 5.79 Å². The largest absolute Gasteiger partial charge is 0.504 e. The van der Waals surface area contributed by atoms with E-state index in [0.717, 1.165) is 24.1 Å². The summed E-state index contributed by atoms with van der Waals surface area (Å²) in [7, 11) is 3.53. The highest BCUT2D eigenvalue weighted by atomic mass is 16.7. The first-order chi connectivity index (χ1) is 11.4. The maximum Gasteiger partial charge on any atom is 0.212 e. The molecule has 2 aliphatic carbocycles. The molecular weight excluding hydrogens is 310 g/mol. The lowest BCUT2D eigenvalue weighted by atomic mass is 9.51. The minimum atomic E-state index is -1.61. The van der Waals surface area contributed by atoms with Gasteiger partial charge in [0.25, 0.3) is 0 Å². The first-order valence-corrected chi connectivity index (χ1v) is 8.61. The summed E-state index contributed by atoms with van der Waals surface area (Å²) in [5.74, 6) is -1.01. The second kappa shape index (κ2) is 4.25. The zero-order valence-electron chi connectivity index (χ0n) is 14.0. The summed E-state index contributed by atoms with van der Waals surface area (Å²) in [6.45, 7) is 0.793. The smallest absolute Gasteiger partial charge is 0.212 e. The maximum absolute atomic E-state index is 11.4. The number of hydrogen-bond donors (Lipinski definition) is 3. The Balaban J connectivity index is 1.87. The Morgan fingerprint density at radius 2 is 2.12 bits per heavy atom. The third-order valence-corrected chi connectivity index (χ3v) is 7.23. The van der Waals surface area contributed by atoms with Gasteiger partial charge in [-0.05, 0) is 44.5 Å². The van der Waals surface area contributed by atoms with Crippen LogP contribution < -0.4 is 4.74 Å². The Labute approximate surface area is 140 Å². The predicted molar refractivity (Wildman–Crippen MR) is 84.9 cm³/mol. The van der Waals surface area contributed by atoms with Crippen molar-refractivity contribution in [2.75, 3.05) is 20.7 Å². The summed E-state index contributed by atoms with van der Waals surface area (Å²) in [6, 6.07) is 3.69. The van der Waals surface area contributed by atoms with Crippen molar-refractivity contribution >= 4 is 0 Å². The molecule has 1 spiro atoms. The van der Waals surface area contributed by atoms with E-state index < -0.39 is 22.8 Å². The standard InChI is InChI=1S/C18H23NO5/c1-19-8-7-16-6-5-13(20)18(22)17(16,19)9-12(24-18)10-3-4-11(23-2)15(21)14(10)16/h3-4,12-13,20-22H,5-9H2,1-2H3. The number of aliphatic hydroxyl groups is 2. The number of phenols is 1. The van der Waals surface area contributed by atoms with Crippen LogP contribution in [0, 0.1) is 0 Å². The molecular formula is C18H23NO5. The van der Waals surface area contributed by atoms with Gasteiger partial charge in [-0.1, -0.05) is 6.07 Å². The number of aromatic hydroxyl groups is 1.